The van der Waals surface area contributed by atoms with Crippen molar-refractivity contribution in [3.8, 4) is 0 Å². The summed E-state index contributed by atoms with van der Waals surface area (Å²) in [5.41, 5.74) is 3.54. The molecule has 0 aliphatic heterocycles. The molecule has 2 rings (SSSR count). The lowest BCUT2D eigenvalue weighted by Crippen LogP contribution is -2.16. The van der Waals surface area contributed by atoms with Crippen LogP contribution in [0.3, 0.4) is 0 Å². The van der Waals surface area contributed by atoms with E-state index < -0.39 is 0 Å². The van der Waals surface area contributed by atoms with Crippen molar-refractivity contribution in [3.05, 3.63) is 17.0 Å². The Labute approximate surface area is 90.3 Å². The second kappa shape index (κ2) is 4.33. The van der Waals surface area contributed by atoms with Crippen molar-refractivity contribution in [2.45, 2.75) is 45.8 Å². The van der Waals surface area contributed by atoms with E-state index in [9.17, 15) is 0 Å². The zero-order valence-electron chi connectivity index (χ0n) is 9.45. The van der Waals surface area contributed by atoms with Gasteiger partial charge in [-0.25, -0.2) is 0 Å². The van der Waals surface area contributed by atoms with Crippen LogP contribution < -0.4 is 5.32 Å². The highest BCUT2D eigenvalue weighted by Gasteiger charge is 2.21. The molecular formula is C11H19N3O. The van der Waals surface area contributed by atoms with E-state index in [4.69, 9.17) is 5.11 Å². The van der Waals surface area contributed by atoms with Crippen molar-refractivity contribution in [1.82, 2.24) is 15.1 Å². The van der Waals surface area contributed by atoms with Gasteiger partial charge < -0.3 is 10.4 Å². The van der Waals surface area contributed by atoms with Gasteiger partial charge in [-0.05, 0) is 26.7 Å². The molecule has 0 unspecified atom stereocenters. The Morgan fingerprint density at radius 1 is 1.47 bits per heavy atom. The fraction of sp³-hybridized carbons (Fsp3) is 0.727. The lowest BCUT2D eigenvalue weighted by Gasteiger charge is -2.04. The molecule has 0 amide bonds. The van der Waals surface area contributed by atoms with Gasteiger partial charge in [-0.2, -0.15) is 5.10 Å². The Morgan fingerprint density at radius 2 is 2.20 bits per heavy atom. The number of rotatable bonds is 5. The molecule has 1 aliphatic carbocycles. The minimum Gasteiger partial charge on any atom is -0.394 e. The van der Waals surface area contributed by atoms with Crippen LogP contribution in [0.2, 0.25) is 0 Å². The van der Waals surface area contributed by atoms with Crippen LogP contribution >= 0.6 is 0 Å². The van der Waals surface area contributed by atoms with Gasteiger partial charge in [0, 0.05) is 23.8 Å². The normalized spacial score (nSPS) is 15.9. The maximum Gasteiger partial charge on any atom is 0.0644 e. The number of aliphatic hydroxyl groups is 1. The third-order valence-electron chi connectivity index (χ3n) is 2.99. The molecule has 0 atom stereocenters. The number of aryl methyl sites for hydroxylation is 1. The van der Waals surface area contributed by atoms with E-state index in [1.54, 1.807) is 0 Å². The van der Waals surface area contributed by atoms with Crippen molar-refractivity contribution >= 4 is 0 Å². The zero-order valence-corrected chi connectivity index (χ0v) is 9.45. The van der Waals surface area contributed by atoms with Gasteiger partial charge in [0.2, 0.25) is 0 Å². The van der Waals surface area contributed by atoms with Crippen LogP contribution in [0.1, 0.15) is 29.8 Å². The molecule has 1 aromatic rings. The molecule has 1 fully saturated rings. The first kappa shape index (κ1) is 10.6. The summed E-state index contributed by atoms with van der Waals surface area (Å²) >= 11 is 0. The number of nitrogens with zero attached hydrogens (tertiary/aromatic N) is 2. The molecule has 0 aromatic carbocycles. The predicted molar refractivity (Wildman–Crippen MR) is 58.6 cm³/mol. The quantitative estimate of drug-likeness (QED) is 0.752. The average Bonchev–Trinajstić information content (AvgIpc) is 2.97. The highest BCUT2D eigenvalue weighted by molar-refractivity contribution is 5.24. The molecule has 4 heteroatoms. The van der Waals surface area contributed by atoms with Gasteiger partial charge >= 0.3 is 0 Å². The van der Waals surface area contributed by atoms with Gasteiger partial charge in [-0.3, -0.25) is 4.68 Å². The standard InChI is InChI=1S/C11H19N3O/c1-8-11(7-12-10-3-4-10)9(2)14(13-8)5-6-15/h10,12,15H,3-7H2,1-2H3. The monoisotopic (exact) mass is 209 g/mol. The van der Waals surface area contributed by atoms with Crippen LogP contribution in [0.4, 0.5) is 0 Å². The molecule has 0 radical (unpaired) electrons. The second-order valence-electron chi connectivity index (χ2n) is 4.25. The van der Waals surface area contributed by atoms with Crippen molar-refractivity contribution in [3.63, 3.8) is 0 Å². The molecule has 2 N–H and O–H groups in total. The van der Waals surface area contributed by atoms with Crippen molar-refractivity contribution in [2.75, 3.05) is 6.61 Å². The molecule has 1 aromatic heterocycles. The van der Waals surface area contributed by atoms with Gasteiger partial charge in [0.15, 0.2) is 0 Å². The summed E-state index contributed by atoms with van der Waals surface area (Å²) in [5.74, 6) is 0. The summed E-state index contributed by atoms with van der Waals surface area (Å²) in [6.45, 7) is 5.76. The molecule has 0 spiro atoms. The Kier molecular flexibility index (Phi) is 3.07. The van der Waals surface area contributed by atoms with Crippen LogP contribution in [0, 0.1) is 13.8 Å². The third kappa shape index (κ3) is 2.38. The van der Waals surface area contributed by atoms with Gasteiger partial charge in [0.1, 0.15) is 0 Å². The highest BCUT2D eigenvalue weighted by Crippen LogP contribution is 2.20. The van der Waals surface area contributed by atoms with Gasteiger partial charge in [0.05, 0.1) is 18.8 Å². The molecule has 0 saturated heterocycles. The van der Waals surface area contributed by atoms with E-state index in [1.807, 2.05) is 11.6 Å². The Balaban J connectivity index is 2.06. The first-order chi connectivity index (χ1) is 7.22. The SMILES string of the molecule is Cc1nn(CCO)c(C)c1CNC1CC1. The summed E-state index contributed by atoms with van der Waals surface area (Å²) < 4.78 is 1.89. The summed E-state index contributed by atoms with van der Waals surface area (Å²) in [5, 5.41) is 16.8. The first-order valence-corrected chi connectivity index (χ1v) is 5.59. The third-order valence-corrected chi connectivity index (χ3v) is 2.99. The first-order valence-electron chi connectivity index (χ1n) is 5.59. The lowest BCUT2D eigenvalue weighted by molar-refractivity contribution is 0.267. The molecule has 1 saturated carbocycles. The van der Waals surface area contributed by atoms with E-state index in [2.05, 4.69) is 17.3 Å². The molecule has 1 aliphatic rings. The smallest absolute Gasteiger partial charge is 0.0644 e. The average molecular weight is 209 g/mol. The fourth-order valence-corrected chi connectivity index (χ4v) is 1.84. The lowest BCUT2D eigenvalue weighted by atomic mass is 10.2. The van der Waals surface area contributed by atoms with E-state index in [1.165, 1.54) is 24.1 Å². The van der Waals surface area contributed by atoms with E-state index in [0.29, 0.717) is 6.54 Å². The predicted octanol–water partition coefficient (Wildman–Crippen LogP) is 0.744. The summed E-state index contributed by atoms with van der Waals surface area (Å²) in [4.78, 5) is 0. The topological polar surface area (TPSA) is 50.1 Å². The van der Waals surface area contributed by atoms with Gasteiger partial charge in [-0.1, -0.05) is 0 Å². The summed E-state index contributed by atoms with van der Waals surface area (Å²) in [6.07, 6.45) is 2.62. The molecule has 4 nitrogen and oxygen atoms in total. The maximum absolute atomic E-state index is 8.90. The van der Waals surface area contributed by atoms with E-state index >= 15 is 0 Å². The zero-order chi connectivity index (χ0) is 10.8. The number of hydrogen-bond acceptors (Lipinski definition) is 3. The molecular weight excluding hydrogens is 190 g/mol. The van der Waals surface area contributed by atoms with Crippen LogP contribution in [0.5, 0.6) is 0 Å². The Bertz CT molecular complexity index is 342. The number of aliphatic hydroxyl groups excluding tert-OH is 1. The largest absolute Gasteiger partial charge is 0.394 e. The fourth-order valence-electron chi connectivity index (χ4n) is 1.84. The minimum absolute atomic E-state index is 0.150. The maximum atomic E-state index is 8.90. The Morgan fingerprint density at radius 3 is 2.80 bits per heavy atom. The van der Waals surface area contributed by atoms with E-state index in [-0.39, 0.29) is 6.61 Å². The molecule has 0 bridgehead atoms. The van der Waals surface area contributed by atoms with Gasteiger partial charge in [0.25, 0.3) is 0 Å². The highest BCUT2D eigenvalue weighted by atomic mass is 16.3. The van der Waals surface area contributed by atoms with Crippen LogP contribution in [0.25, 0.3) is 0 Å². The summed E-state index contributed by atoms with van der Waals surface area (Å²) in [7, 11) is 0. The van der Waals surface area contributed by atoms with Crippen LogP contribution in [0.15, 0.2) is 0 Å². The number of aromatic nitrogens is 2. The molecule has 84 valence electrons. The Hall–Kier alpha value is -0.870. The van der Waals surface area contributed by atoms with E-state index in [0.717, 1.165) is 18.3 Å². The summed E-state index contributed by atoms with van der Waals surface area (Å²) in [6, 6.07) is 0.727. The second-order valence-corrected chi connectivity index (χ2v) is 4.25. The van der Waals surface area contributed by atoms with Crippen molar-refractivity contribution in [1.29, 1.82) is 0 Å². The molecule has 1 heterocycles. The van der Waals surface area contributed by atoms with Crippen LogP contribution in [-0.2, 0) is 13.1 Å². The number of nitrogens with one attached hydrogen (secondary N) is 1. The minimum atomic E-state index is 0.150. The molecule has 15 heavy (non-hydrogen) atoms. The van der Waals surface area contributed by atoms with Crippen molar-refractivity contribution in [2.24, 2.45) is 0 Å². The van der Waals surface area contributed by atoms with Crippen LogP contribution in [-0.4, -0.2) is 27.5 Å². The number of hydrogen-bond donors (Lipinski definition) is 2. The van der Waals surface area contributed by atoms with Crippen molar-refractivity contribution < 1.29 is 5.11 Å². The van der Waals surface area contributed by atoms with Gasteiger partial charge in [-0.15, -0.1) is 0 Å².